The van der Waals surface area contributed by atoms with Gasteiger partial charge in [0.2, 0.25) is 5.91 Å². The number of carbonyl (C=O) groups is 1. The van der Waals surface area contributed by atoms with E-state index in [4.69, 9.17) is 5.26 Å². The highest BCUT2D eigenvalue weighted by Gasteiger charge is 2.28. The van der Waals surface area contributed by atoms with Crippen molar-refractivity contribution in [1.29, 1.82) is 5.26 Å². The van der Waals surface area contributed by atoms with E-state index < -0.39 is 5.41 Å². The second-order valence-corrected chi connectivity index (χ2v) is 4.99. The molecule has 1 amide bonds. The van der Waals surface area contributed by atoms with Crippen LogP contribution in [-0.4, -0.2) is 37.0 Å². The second kappa shape index (κ2) is 5.31. The SMILES string of the molecule is CCN1CCC(CNC(=O)C(C)(C)C#N)C1. The van der Waals surface area contributed by atoms with Crippen molar-refractivity contribution in [2.24, 2.45) is 11.3 Å². The molecule has 1 heterocycles. The Morgan fingerprint density at radius 1 is 1.62 bits per heavy atom. The highest BCUT2D eigenvalue weighted by molar-refractivity contribution is 5.84. The fraction of sp³-hybridized carbons (Fsp3) is 0.833. The zero-order chi connectivity index (χ0) is 12.2. The van der Waals surface area contributed by atoms with Gasteiger partial charge < -0.3 is 10.2 Å². The number of nitriles is 1. The van der Waals surface area contributed by atoms with Crippen molar-refractivity contribution in [3.8, 4) is 6.07 Å². The summed E-state index contributed by atoms with van der Waals surface area (Å²) in [6.45, 7) is 9.40. The Kier molecular flexibility index (Phi) is 4.31. The largest absolute Gasteiger partial charge is 0.354 e. The Hall–Kier alpha value is -1.08. The molecule has 1 atom stereocenters. The van der Waals surface area contributed by atoms with Crippen molar-refractivity contribution < 1.29 is 4.79 Å². The average Bonchev–Trinajstić information content (AvgIpc) is 2.73. The van der Waals surface area contributed by atoms with E-state index in [1.807, 2.05) is 6.07 Å². The van der Waals surface area contributed by atoms with Gasteiger partial charge in [0.1, 0.15) is 5.41 Å². The molecule has 1 saturated heterocycles. The third-order valence-corrected chi connectivity index (χ3v) is 3.22. The molecule has 1 aliphatic rings. The summed E-state index contributed by atoms with van der Waals surface area (Å²) in [4.78, 5) is 14.0. The molecule has 0 aromatic rings. The Morgan fingerprint density at radius 3 is 2.81 bits per heavy atom. The highest BCUT2D eigenvalue weighted by atomic mass is 16.2. The molecule has 16 heavy (non-hydrogen) atoms. The maximum absolute atomic E-state index is 11.7. The lowest BCUT2D eigenvalue weighted by atomic mass is 9.94. The minimum absolute atomic E-state index is 0.162. The van der Waals surface area contributed by atoms with Gasteiger partial charge >= 0.3 is 0 Å². The average molecular weight is 223 g/mol. The summed E-state index contributed by atoms with van der Waals surface area (Å²) < 4.78 is 0. The van der Waals surface area contributed by atoms with Crippen LogP contribution in [0.1, 0.15) is 27.2 Å². The van der Waals surface area contributed by atoms with Gasteiger partial charge in [-0.25, -0.2) is 0 Å². The lowest BCUT2D eigenvalue weighted by Crippen LogP contribution is -2.39. The summed E-state index contributed by atoms with van der Waals surface area (Å²) in [5.74, 6) is 0.378. The van der Waals surface area contributed by atoms with Crippen molar-refractivity contribution in [1.82, 2.24) is 10.2 Å². The lowest BCUT2D eigenvalue weighted by Gasteiger charge is -2.18. The van der Waals surface area contributed by atoms with Crippen molar-refractivity contribution in [3.05, 3.63) is 0 Å². The van der Waals surface area contributed by atoms with Gasteiger partial charge in [-0.1, -0.05) is 6.92 Å². The maximum atomic E-state index is 11.7. The van der Waals surface area contributed by atoms with Gasteiger partial charge in [-0.15, -0.1) is 0 Å². The van der Waals surface area contributed by atoms with E-state index in [1.165, 1.54) is 0 Å². The van der Waals surface area contributed by atoms with Crippen LogP contribution < -0.4 is 5.32 Å². The van der Waals surface area contributed by atoms with E-state index in [2.05, 4.69) is 17.1 Å². The van der Waals surface area contributed by atoms with Gasteiger partial charge in [0, 0.05) is 13.1 Å². The first kappa shape index (κ1) is 13.0. The molecular formula is C12H21N3O. The fourth-order valence-corrected chi connectivity index (χ4v) is 1.88. The molecule has 4 heteroatoms. The molecule has 0 radical (unpaired) electrons. The Balaban J connectivity index is 2.31. The predicted octanol–water partition coefficient (Wildman–Crippen LogP) is 0.994. The van der Waals surface area contributed by atoms with E-state index in [9.17, 15) is 4.79 Å². The first-order valence-corrected chi connectivity index (χ1v) is 5.91. The Morgan fingerprint density at radius 2 is 2.31 bits per heavy atom. The van der Waals surface area contributed by atoms with Gasteiger partial charge in [-0.2, -0.15) is 5.26 Å². The van der Waals surface area contributed by atoms with Gasteiger partial charge in [-0.3, -0.25) is 4.79 Å². The molecule has 1 unspecified atom stereocenters. The first-order valence-electron chi connectivity index (χ1n) is 5.91. The van der Waals surface area contributed by atoms with Crippen LogP contribution in [-0.2, 0) is 4.79 Å². The number of amides is 1. The molecule has 0 spiro atoms. The van der Waals surface area contributed by atoms with Crippen LogP contribution in [0, 0.1) is 22.7 Å². The van der Waals surface area contributed by atoms with E-state index in [1.54, 1.807) is 13.8 Å². The van der Waals surface area contributed by atoms with Crippen molar-refractivity contribution in [2.45, 2.75) is 27.2 Å². The number of nitrogens with one attached hydrogen (secondary N) is 1. The summed E-state index contributed by atoms with van der Waals surface area (Å²) >= 11 is 0. The third-order valence-electron chi connectivity index (χ3n) is 3.22. The Labute approximate surface area is 97.6 Å². The fourth-order valence-electron chi connectivity index (χ4n) is 1.88. The van der Waals surface area contributed by atoms with Crippen LogP contribution >= 0.6 is 0 Å². The van der Waals surface area contributed by atoms with Gasteiger partial charge in [0.05, 0.1) is 6.07 Å². The molecule has 0 saturated carbocycles. The molecule has 0 aromatic carbocycles. The molecule has 1 aliphatic heterocycles. The topological polar surface area (TPSA) is 56.1 Å². The summed E-state index contributed by atoms with van der Waals surface area (Å²) in [5, 5.41) is 11.7. The van der Waals surface area contributed by atoms with E-state index >= 15 is 0 Å². The van der Waals surface area contributed by atoms with Gasteiger partial charge in [0.25, 0.3) is 0 Å². The summed E-state index contributed by atoms with van der Waals surface area (Å²) in [6, 6.07) is 2.01. The number of hydrogen-bond donors (Lipinski definition) is 1. The number of carbonyl (C=O) groups excluding carboxylic acids is 1. The normalized spacial score (nSPS) is 21.8. The number of likely N-dealkylation sites (tertiary alicyclic amines) is 1. The maximum Gasteiger partial charge on any atom is 0.239 e. The molecule has 1 rings (SSSR count). The summed E-state index contributed by atoms with van der Waals surface area (Å²) in [5.41, 5.74) is -0.914. The standard InChI is InChI=1S/C12H21N3O/c1-4-15-6-5-10(8-15)7-14-11(16)12(2,3)9-13/h10H,4-8H2,1-3H3,(H,14,16). The molecule has 1 fully saturated rings. The molecule has 4 nitrogen and oxygen atoms in total. The van der Waals surface area contributed by atoms with Crippen molar-refractivity contribution in [2.75, 3.05) is 26.2 Å². The van der Waals surface area contributed by atoms with E-state index in [0.717, 1.165) is 26.1 Å². The number of hydrogen-bond acceptors (Lipinski definition) is 3. The van der Waals surface area contributed by atoms with Crippen LogP contribution in [0.2, 0.25) is 0 Å². The number of nitrogens with zero attached hydrogens (tertiary/aromatic N) is 2. The van der Waals surface area contributed by atoms with Crippen LogP contribution in [0.3, 0.4) is 0 Å². The predicted molar refractivity (Wildman–Crippen MR) is 62.6 cm³/mol. The molecule has 90 valence electrons. The van der Waals surface area contributed by atoms with Crippen LogP contribution in [0.15, 0.2) is 0 Å². The van der Waals surface area contributed by atoms with E-state index in [-0.39, 0.29) is 5.91 Å². The Bertz CT molecular complexity index is 293. The third kappa shape index (κ3) is 3.21. The lowest BCUT2D eigenvalue weighted by molar-refractivity contribution is -0.126. The summed E-state index contributed by atoms with van der Waals surface area (Å²) in [6.07, 6.45) is 1.14. The highest BCUT2D eigenvalue weighted by Crippen LogP contribution is 2.16. The zero-order valence-corrected chi connectivity index (χ0v) is 10.4. The monoisotopic (exact) mass is 223 g/mol. The van der Waals surface area contributed by atoms with Crippen molar-refractivity contribution in [3.63, 3.8) is 0 Å². The van der Waals surface area contributed by atoms with Crippen LogP contribution in [0.4, 0.5) is 0 Å². The molecule has 0 aromatic heterocycles. The minimum atomic E-state index is -0.914. The number of rotatable bonds is 4. The van der Waals surface area contributed by atoms with Crippen LogP contribution in [0.25, 0.3) is 0 Å². The molecule has 0 bridgehead atoms. The van der Waals surface area contributed by atoms with Crippen LogP contribution in [0.5, 0.6) is 0 Å². The van der Waals surface area contributed by atoms with Crippen molar-refractivity contribution >= 4 is 5.91 Å². The smallest absolute Gasteiger partial charge is 0.239 e. The summed E-state index contributed by atoms with van der Waals surface area (Å²) in [7, 11) is 0. The first-order chi connectivity index (χ1) is 7.49. The van der Waals surface area contributed by atoms with Gasteiger partial charge in [-0.05, 0) is 39.3 Å². The molecule has 0 aliphatic carbocycles. The quantitative estimate of drug-likeness (QED) is 0.773. The van der Waals surface area contributed by atoms with E-state index in [0.29, 0.717) is 12.5 Å². The minimum Gasteiger partial charge on any atom is -0.354 e. The zero-order valence-electron chi connectivity index (χ0n) is 10.4. The molecule has 1 N–H and O–H groups in total. The second-order valence-electron chi connectivity index (χ2n) is 4.99. The van der Waals surface area contributed by atoms with Gasteiger partial charge in [0.15, 0.2) is 0 Å². The molecular weight excluding hydrogens is 202 g/mol.